The number of fused-ring (bicyclic) bond motifs is 1. The van der Waals surface area contributed by atoms with E-state index in [2.05, 4.69) is 15.0 Å². The predicted molar refractivity (Wildman–Crippen MR) is 113 cm³/mol. The minimum atomic E-state index is -3.71. The fourth-order valence-corrected chi connectivity index (χ4v) is 5.04. The van der Waals surface area contributed by atoms with Crippen molar-refractivity contribution in [2.45, 2.75) is 50.5 Å². The van der Waals surface area contributed by atoms with Crippen molar-refractivity contribution in [3.63, 3.8) is 0 Å². The van der Waals surface area contributed by atoms with Crippen molar-refractivity contribution in [2.24, 2.45) is 0 Å². The molecule has 0 bridgehead atoms. The molecule has 0 aliphatic rings. The van der Waals surface area contributed by atoms with Gasteiger partial charge in [0.2, 0.25) is 9.84 Å². The molecule has 0 N–H and O–H groups in total. The van der Waals surface area contributed by atoms with Gasteiger partial charge in [0.15, 0.2) is 5.65 Å². The van der Waals surface area contributed by atoms with Crippen LogP contribution in [-0.2, 0) is 22.8 Å². The van der Waals surface area contributed by atoms with Crippen LogP contribution in [0.4, 0.5) is 0 Å². The van der Waals surface area contributed by atoms with Crippen molar-refractivity contribution < 1.29 is 8.42 Å². The van der Waals surface area contributed by atoms with E-state index in [-0.39, 0.29) is 22.2 Å². The first kappa shape index (κ1) is 22.3. The van der Waals surface area contributed by atoms with Crippen LogP contribution in [0.15, 0.2) is 34.1 Å². The fraction of sp³-hybridized carbons (Fsp3) is 0.400. The second-order valence-electron chi connectivity index (χ2n) is 7.18. The third-order valence-electron chi connectivity index (χ3n) is 4.73. The molecule has 2 aromatic heterocycles. The second kappa shape index (κ2) is 8.19. The van der Waals surface area contributed by atoms with Gasteiger partial charge in [0.25, 0.3) is 0 Å². The molecular formula is C20H27ClN4O2S. The van der Waals surface area contributed by atoms with Gasteiger partial charge < -0.3 is 4.90 Å². The van der Waals surface area contributed by atoms with Crippen molar-refractivity contribution in [2.75, 3.05) is 14.1 Å². The normalized spacial score (nSPS) is 11.8. The average Bonchev–Trinajstić information content (AvgIpc) is 2.97. The zero-order chi connectivity index (χ0) is 19.9. The molecule has 3 rings (SSSR count). The van der Waals surface area contributed by atoms with Crippen LogP contribution < -0.4 is 0 Å². The Morgan fingerprint density at radius 3 is 2.39 bits per heavy atom. The topological polar surface area (TPSA) is 67.6 Å². The lowest BCUT2D eigenvalue weighted by atomic mass is 10.1. The molecule has 1 aromatic carbocycles. The Morgan fingerprint density at radius 1 is 1.14 bits per heavy atom. The molecule has 0 saturated carbocycles. The molecular weight excluding hydrogens is 396 g/mol. The first-order valence-corrected chi connectivity index (χ1v) is 10.5. The number of rotatable bonds is 5. The highest BCUT2D eigenvalue weighted by Gasteiger charge is 2.29. The SMILES string of the molecule is CCc1nn2c(C)c(CN(C)C)c(C)nc2c1S(=O)(=O)c1cccc(C)c1.Cl. The molecule has 2 heterocycles. The molecule has 6 nitrogen and oxygen atoms in total. The lowest BCUT2D eigenvalue weighted by Gasteiger charge is -2.15. The largest absolute Gasteiger partial charge is 0.305 e. The van der Waals surface area contributed by atoms with Crippen molar-refractivity contribution in [1.82, 2.24) is 19.5 Å². The van der Waals surface area contributed by atoms with Crippen molar-refractivity contribution >= 4 is 27.9 Å². The number of aryl methyl sites for hydroxylation is 4. The van der Waals surface area contributed by atoms with Crippen molar-refractivity contribution in [3.8, 4) is 0 Å². The van der Waals surface area contributed by atoms with E-state index < -0.39 is 9.84 Å². The Labute approximate surface area is 172 Å². The molecule has 0 amide bonds. The summed E-state index contributed by atoms with van der Waals surface area (Å²) in [6.07, 6.45) is 0.519. The summed E-state index contributed by atoms with van der Waals surface area (Å²) in [5.74, 6) is 0. The Balaban J connectivity index is 0.00000280. The summed E-state index contributed by atoms with van der Waals surface area (Å²) in [7, 11) is 0.281. The summed E-state index contributed by atoms with van der Waals surface area (Å²) in [6, 6.07) is 6.97. The van der Waals surface area contributed by atoms with E-state index in [4.69, 9.17) is 0 Å². The van der Waals surface area contributed by atoms with E-state index in [9.17, 15) is 8.42 Å². The Morgan fingerprint density at radius 2 is 1.82 bits per heavy atom. The third-order valence-corrected chi connectivity index (χ3v) is 6.56. The number of nitrogens with zero attached hydrogens (tertiary/aromatic N) is 4. The highest BCUT2D eigenvalue weighted by Crippen LogP contribution is 2.30. The van der Waals surface area contributed by atoms with Crippen LogP contribution in [0.5, 0.6) is 0 Å². The van der Waals surface area contributed by atoms with E-state index in [1.54, 1.807) is 22.7 Å². The minimum absolute atomic E-state index is 0. The van der Waals surface area contributed by atoms with Gasteiger partial charge in [-0.25, -0.2) is 17.9 Å². The highest BCUT2D eigenvalue weighted by atomic mass is 35.5. The summed E-state index contributed by atoms with van der Waals surface area (Å²) in [4.78, 5) is 7.23. The molecule has 0 fully saturated rings. The van der Waals surface area contributed by atoms with Crippen LogP contribution in [0, 0.1) is 20.8 Å². The van der Waals surface area contributed by atoms with Crippen molar-refractivity contribution in [1.29, 1.82) is 0 Å². The number of benzene rings is 1. The molecule has 0 saturated heterocycles. The van der Waals surface area contributed by atoms with Gasteiger partial charge in [0.1, 0.15) is 4.90 Å². The van der Waals surface area contributed by atoms with Gasteiger partial charge in [0.05, 0.1) is 10.6 Å². The highest BCUT2D eigenvalue weighted by molar-refractivity contribution is 7.91. The van der Waals surface area contributed by atoms with E-state index in [1.807, 2.05) is 47.9 Å². The first-order valence-electron chi connectivity index (χ1n) is 9.01. The van der Waals surface area contributed by atoms with Crippen LogP contribution in [0.2, 0.25) is 0 Å². The molecule has 152 valence electrons. The van der Waals surface area contributed by atoms with E-state index in [0.29, 0.717) is 17.8 Å². The number of sulfone groups is 1. The Kier molecular flexibility index (Phi) is 6.53. The smallest absolute Gasteiger partial charge is 0.212 e. The van der Waals surface area contributed by atoms with Crippen LogP contribution in [0.3, 0.4) is 0 Å². The van der Waals surface area contributed by atoms with Crippen molar-refractivity contribution in [3.05, 3.63) is 52.5 Å². The summed E-state index contributed by atoms with van der Waals surface area (Å²) in [5.41, 5.74) is 4.68. The standard InChI is InChI=1S/C20H26N4O2S.ClH/c1-7-18-19(27(25,26)16-10-8-9-13(2)11-16)20-21-14(3)17(12-23(5)6)15(4)24(20)22-18;/h8-11H,7,12H2,1-6H3;1H. The number of hydrogen-bond acceptors (Lipinski definition) is 5. The van der Waals surface area contributed by atoms with Gasteiger partial charge in [-0.3, -0.25) is 0 Å². The quantitative estimate of drug-likeness (QED) is 0.629. The molecule has 0 atom stereocenters. The molecule has 0 unspecified atom stereocenters. The molecule has 0 radical (unpaired) electrons. The zero-order valence-electron chi connectivity index (χ0n) is 17.1. The van der Waals surface area contributed by atoms with E-state index in [1.165, 1.54) is 0 Å². The van der Waals surface area contributed by atoms with Gasteiger partial charge >= 0.3 is 0 Å². The summed E-state index contributed by atoms with van der Waals surface area (Å²) in [6.45, 7) is 8.42. The summed E-state index contributed by atoms with van der Waals surface area (Å²) < 4.78 is 28.5. The number of halogens is 1. The van der Waals surface area contributed by atoms with Crippen LogP contribution >= 0.6 is 12.4 Å². The van der Waals surface area contributed by atoms with Crippen LogP contribution in [-0.4, -0.2) is 42.0 Å². The molecule has 28 heavy (non-hydrogen) atoms. The second-order valence-corrected chi connectivity index (χ2v) is 9.07. The fourth-order valence-electron chi connectivity index (χ4n) is 3.34. The number of aromatic nitrogens is 3. The molecule has 0 aliphatic carbocycles. The zero-order valence-corrected chi connectivity index (χ0v) is 18.8. The maximum Gasteiger partial charge on any atom is 0.212 e. The first-order chi connectivity index (χ1) is 12.7. The summed E-state index contributed by atoms with van der Waals surface area (Å²) >= 11 is 0. The average molecular weight is 423 g/mol. The monoisotopic (exact) mass is 422 g/mol. The van der Waals surface area contributed by atoms with E-state index in [0.717, 1.165) is 29.1 Å². The maximum atomic E-state index is 13.4. The minimum Gasteiger partial charge on any atom is -0.305 e. The summed E-state index contributed by atoms with van der Waals surface area (Å²) in [5, 5.41) is 4.61. The molecule has 0 spiro atoms. The van der Waals surface area contributed by atoms with Gasteiger partial charge in [-0.1, -0.05) is 19.1 Å². The maximum absolute atomic E-state index is 13.4. The Bertz CT molecular complexity index is 1120. The predicted octanol–water partition coefficient (Wildman–Crippen LogP) is 3.53. The lowest BCUT2D eigenvalue weighted by molar-refractivity contribution is 0.398. The molecule has 8 heteroatoms. The van der Waals surface area contributed by atoms with Gasteiger partial charge in [0, 0.05) is 23.5 Å². The molecule has 3 aromatic rings. The third kappa shape index (κ3) is 3.79. The van der Waals surface area contributed by atoms with Crippen LogP contribution in [0.1, 0.15) is 35.1 Å². The number of hydrogen-bond donors (Lipinski definition) is 0. The van der Waals surface area contributed by atoms with Crippen LogP contribution in [0.25, 0.3) is 5.65 Å². The Hall–Kier alpha value is -1.96. The van der Waals surface area contributed by atoms with Gasteiger partial charge in [-0.2, -0.15) is 5.10 Å². The van der Waals surface area contributed by atoms with Gasteiger partial charge in [-0.05, 0) is 59.0 Å². The van der Waals surface area contributed by atoms with Gasteiger partial charge in [-0.15, -0.1) is 12.4 Å². The molecule has 0 aliphatic heterocycles. The lowest BCUT2D eigenvalue weighted by Crippen LogP contribution is -2.16. The van der Waals surface area contributed by atoms with E-state index >= 15 is 0 Å².